The maximum Gasteiger partial charge on any atom is 0.280 e. The van der Waals surface area contributed by atoms with Crippen LogP contribution in [0.3, 0.4) is 0 Å². The molecule has 3 heterocycles. The fourth-order valence-electron chi connectivity index (χ4n) is 3.08. The fourth-order valence-corrected chi connectivity index (χ4v) is 3.08. The summed E-state index contributed by atoms with van der Waals surface area (Å²) in [7, 11) is 0. The van der Waals surface area contributed by atoms with Gasteiger partial charge in [-0.15, -0.1) is 0 Å². The lowest BCUT2D eigenvalue weighted by molar-refractivity contribution is 0.146. The Morgan fingerprint density at radius 3 is 2.72 bits per heavy atom. The van der Waals surface area contributed by atoms with Gasteiger partial charge in [0, 0.05) is 29.4 Å². The summed E-state index contributed by atoms with van der Waals surface area (Å²) in [4.78, 5) is 4.00. The summed E-state index contributed by atoms with van der Waals surface area (Å²) in [5.74, 6) is -0.399. The largest absolute Gasteiger partial charge is 0.329 e. The lowest BCUT2D eigenvalue weighted by Gasteiger charge is -2.08. The predicted octanol–water partition coefficient (Wildman–Crippen LogP) is 4.04. The van der Waals surface area contributed by atoms with E-state index in [0.29, 0.717) is 46.7 Å². The van der Waals surface area contributed by atoms with E-state index < -0.39 is 12.2 Å². The van der Waals surface area contributed by atoms with Crippen LogP contribution >= 0.6 is 0 Å². The lowest BCUT2D eigenvalue weighted by atomic mass is 9.99. The van der Waals surface area contributed by atoms with Crippen molar-refractivity contribution in [1.29, 1.82) is 0 Å². The van der Waals surface area contributed by atoms with Gasteiger partial charge in [0.2, 0.25) is 0 Å². The number of aromatic amines is 1. The molecule has 0 radical (unpaired) electrons. The van der Waals surface area contributed by atoms with Crippen LogP contribution in [0.2, 0.25) is 0 Å². The number of rotatable bonds is 6. The Hall–Kier alpha value is -3.46. The van der Waals surface area contributed by atoms with Crippen LogP contribution in [-0.2, 0) is 6.54 Å². The quantitative estimate of drug-likeness (QED) is 0.513. The zero-order chi connectivity index (χ0) is 20.4. The fraction of sp³-hybridized carbons (Fsp3) is 0.150. The van der Waals surface area contributed by atoms with E-state index in [1.54, 1.807) is 41.5 Å². The van der Waals surface area contributed by atoms with Crippen molar-refractivity contribution in [1.82, 2.24) is 25.0 Å². The highest BCUT2D eigenvalue weighted by Crippen LogP contribution is 2.33. The van der Waals surface area contributed by atoms with Crippen molar-refractivity contribution in [2.75, 3.05) is 6.54 Å². The van der Waals surface area contributed by atoms with Crippen molar-refractivity contribution >= 4 is 0 Å². The van der Waals surface area contributed by atoms with Crippen LogP contribution < -0.4 is 5.73 Å². The Morgan fingerprint density at radius 2 is 1.93 bits per heavy atom. The third kappa shape index (κ3) is 3.77. The minimum absolute atomic E-state index is 0.324. The van der Waals surface area contributed by atoms with Crippen molar-refractivity contribution in [3.63, 3.8) is 0 Å². The van der Waals surface area contributed by atoms with Crippen LogP contribution in [0.5, 0.6) is 0 Å². The first kappa shape index (κ1) is 18.9. The molecule has 148 valence electrons. The van der Waals surface area contributed by atoms with E-state index in [-0.39, 0.29) is 5.69 Å². The normalized spacial score (nSPS) is 11.3. The van der Waals surface area contributed by atoms with Gasteiger partial charge < -0.3 is 5.73 Å². The molecule has 1 aromatic carbocycles. The van der Waals surface area contributed by atoms with Crippen molar-refractivity contribution in [3.05, 3.63) is 66.5 Å². The maximum absolute atomic E-state index is 14.5. The molecule has 9 heteroatoms. The number of pyridine rings is 1. The van der Waals surface area contributed by atoms with Crippen LogP contribution in [0.25, 0.3) is 33.6 Å². The molecule has 0 aliphatic carbocycles. The van der Waals surface area contributed by atoms with Gasteiger partial charge in [0.05, 0.1) is 30.3 Å². The van der Waals surface area contributed by atoms with Gasteiger partial charge >= 0.3 is 0 Å². The van der Waals surface area contributed by atoms with E-state index in [0.717, 1.165) is 0 Å². The number of hydrogen-bond acceptors (Lipinski definition) is 4. The number of benzene rings is 1. The van der Waals surface area contributed by atoms with Gasteiger partial charge in [0.15, 0.2) is 0 Å². The highest BCUT2D eigenvalue weighted by Gasteiger charge is 2.16. The van der Waals surface area contributed by atoms with Gasteiger partial charge in [0.1, 0.15) is 11.5 Å². The molecule has 4 rings (SSSR count). The first-order valence-electron chi connectivity index (χ1n) is 8.88. The van der Waals surface area contributed by atoms with E-state index in [1.165, 1.54) is 18.2 Å². The zero-order valence-corrected chi connectivity index (χ0v) is 15.2. The molecule has 0 aliphatic heterocycles. The van der Waals surface area contributed by atoms with Crippen LogP contribution in [0.1, 0.15) is 12.1 Å². The molecule has 3 aromatic heterocycles. The van der Waals surface area contributed by atoms with Gasteiger partial charge in [0.25, 0.3) is 6.43 Å². The van der Waals surface area contributed by atoms with Crippen LogP contribution in [0, 0.1) is 5.82 Å². The topological polar surface area (TPSA) is 85.4 Å². The SMILES string of the molecule is NCCn1cc(-c2cc(-c3cn[nH]c3-c3cccc(C(F)F)n3)ccc2F)cn1. The Kier molecular flexibility index (Phi) is 5.13. The minimum atomic E-state index is -2.68. The van der Waals surface area contributed by atoms with Crippen molar-refractivity contribution in [2.24, 2.45) is 5.73 Å². The van der Waals surface area contributed by atoms with Crippen molar-refractivity contribution < 1.29 is 13.2 Å². The molecule has 4 aromatic rings. The summed E-state index contributed by atoms with van der Waals surface area (Å²) >= 11 is 0. The molecule has 0 unspecified atom stereocenters. The van der Waals surface area contributed by atoms with E-state index >= 15 is 0 Å². The van der Waals surface area contributed by atoms with Gasteiger partial charge in [-0.2, -0.15) is 10.2 Å². The average molecular weight is 398 g/mol. The van der Waals surface area contributed by atoms with Crippen molar-refractivity contribution in [3.8, 4) is 33.6 Å². The van der Waals surface area contributed by atoms with Gasteiger partial charge in [-0.3, -0.25) is 9.78 Å². The molecule has 6 nitrogen and oxygen atoms in total. The molecule has 29 heavy (non-hydrogen) atoms. The first-order valence-corrected chi connectivity index (χ1v) is 8.88. The third-order valence-electron chi connectivity index (χ3n) is 4.47. The Bertz CT molecular complexity index is 1130. The molecule has 0 amide bonds. The first-order chi connectivity index (χ1) is 14.1. The van der Waals surface area contributed by atoms with Crippen LogP contribution in [0.4, 0.5) is 13.2 Å². The molecule has 0 saturated heterocycles. The number of alkyl halides is 2. The average Bonchev–Trinajstić information content (AvgIpc) is 3.39. The number of nitrogens with zero attached hydrogens (tertiary/aromatic N) is 4. The summed E-state index contributed by atoms with van der Waals surface area (Å²) in [5, 5.41) is 11.0. The predicted molar refractivity (Wildman–Crippen MR) is 102 cm³/mol. The highest BCUT2D eigenvalue weighted by molar-refractivity contribution is 5.81. The summed E-state index contributed by atoms with van der Waals surface area (Å²) in [6.07, 6.45) is 2.17. The summed E-state index contributed by atoms with van der Waals surface area (Å²) in [5.41, 5.74) is 8.28. The number of nitrogens with two attached hydrogens (primary N) is 1. The monoisotopic (exact) mass is 398 g/mol. The standard InChI is InChI=1S/C20H17F3N6/c21-16-5-4-12(8-14(16)13-9-26-29(11-13)7-6-24)15-10-25-28-19(15)17-2-1-3-18(27-17)20(22)23/h1-5,8-11,20H,6-7,24H2,(H,25,28). The zero-order valence-electron chi connectivity index (χ0n) is 15.2. The summed E-state index contributed by atoms with van der Waals surface area (Å²) < 4.78 is 42.1. The maximum atomic E-state index is 14.5. The molecule has 3 N–H and O–H groups in total. The number of H-pyrrole nitrogens is 1. The molecule has 0 fully saturated rings. The second-order valence-corrected chi connectivity index (χ2v) is 6.38. The number of nitrogens with one attached hydrogen (secondary N) is 1. The molecule has 0 spiro atoms. The Morgan fingerprint density at radius 1 is 1.07 bits per heavy atom. The van der Waals surface area contributed by atoms with Gasteiger partial charge in [-0.05, 0) is 29.8 Å². The lowest BCUT2D eigenvalue weighted by Crippen LogP contribution is -2.09. The third-order valence-corrected chi connectivity index (χ3v) is 4.47. The molecule has 0 aliphatic rings. The minimum Gasteiger partial charge on any atom is -0.329 e. The summed E-state index contributed by atoms with van der Waals surface area (Å²) in [6, 6.07) is 9.02. The molecular formula is C20H17F3N6. The number of hydrogen-bond donors (Lipinski definition) is 2. The van der Waals surface area contributed by atoms with Gasteiger partial charge in [-0.1, -0.05) is 12.1 Å². The number of aromatic nitrogens is 5. The van der Waals surface area contributed by atoms with E-state index in [1.807, 2.05) is 0 Å². The second-order valence-electron chi connectivity index (χ2n) is 6.38. The molecular weight excluding hydrogens is 381 g/mol. The van der Waals surface area contributed by atoms with Crippen LogP contribution in [0.15, 0.2) is 55.0 Å². The van der Waals surface area contributed by atoms with Crippen LogP contribution in [-0.4, -0.2) is 31.5 Å². The Labute approximate surface area is 164 Å². The van der Waals surface area contributed by atoms with E-state index in [4.69, 9.17) is 5.73 Å². The molecule has 0 bridgehead atoms. The second kappa shape index (κ2) is 7.88. The van der Waals surface area contributed by atoms with Crippen molar-refractivity contribution in [2.45, 2.75) is 13.0 Å². The van der Waals surface area contributed by atoms with E-state index in [9.17, 15) is 13.2 Å². The highest BCUT2D eigenvalue weighted by atomic mass is 19.3. The summed E-state index contributed by atoms with van der Waals surface area (Å²) in [6.45, 7) is 0.950. The number of halogens is 3. The smallest absolute Gasteiger partial charge is 0.280 e. The molecule has 0 saturated carbocycles. The Balaban J connectivity index is 1.75. The molecule has 0 atom stereocenters. The van der Waals surface area contributed by atoms with E-state index in [2.05, 4.69) is 20.3 Å². The van der Waals surface area contributed by atoms with Gasteiger partial charge in [-0.25, -0.2) is 18.2 Å².